The molecule has 0 spiro atoms. The summed E-state index contributed by atoms with van der Waals surface area (Å²) in [5, 5.41) is 7.78. The van der Waals surface area contributed by atoms with E-state index in [1.807, 2.05) is 47.2 Å². The van der Waals surface area contributed by atoms with Crippen LogP contribution in [0.4, 0.5) is 0 Å². The van der Waals surface area contributed by atoms with Gasteiger partial charge in [-0.05, 0) is 11.4 Å². The highest BCUT2D eigenvalue weighted by atomic mass is 32.1. The quantitative estimate of drug-likeness (QED) is 0.732. The van der Waals surface area contributed by atoms with Crippen LogP contribution < -0.4 is 0 Å². The predicted octanol–water partition coefficient (Wildman–Crippen LogP) is 3.01. The number of carbonyl (C=O) groups is 1. The third-order valence-corrected chi connectivity index (χ3v) is 4.60. The van der Waals surface area contributed by atoms with Crippen LogP contribution in [0.2, 0.25) is 0 Å². The van der Waals surface area contributed by atoms with Crippen molar-refractivity contribution in [2.45, 2.75) is 6.04 Å². The Balaban J connectivity index is 1.62. The molecule has 24 heavy (non-hydrogen) atoms. The van der Waals surface area contributed by atoms with Crippen molar-refractivity contribution in [1.29, 1.82) is 0 Å². The number of morpholine rings is 1. The van der Waals surface area contributed by atoms with E-state index in [0.29, 0.717) is 37.0 Å². The maximum atomic E-state index is 12.7. The van der Waals surface area contributed by atoms with Crippen molar-refractivity contribution in [2.75, 3.05) is 19.8 Å². The molecule has 0 bridgehead atoms. The number of aromatic nitrogens is 2. The molecule has 3 aromatic rings. The largest absolute Gasteiger partial charge is 0.377 e. The highest BCUT2D eigenvalue weighted by Crippen LogP contribution is 2.27. The summed E-state index contributed by atoms with van der Waals surface area (Å²) in [5.41, 5.74) is 1.55. The van der Waals surface area contributed by atoms with E-state index in [2.05, 4.69) is 10.1 Å². The van der Waals surface area contributed by atoms with Crippen LogP contribution in [0.15, 0.2) is 51.7 Å². The number of nitrogens with zero attached hydrogens (tertiary/aromatic N) is 3. The fourth-order valence-corrected chi connectivity index (χ4v) is 3.31. The van der Waals surface area contributed by atoms with Gasteiger partial charge in [-0.15, -0.1) is 0 Å². The Hall–Kier alpha value is -2.51. The minimum atomic E-state index is -0.365. The summed E-state index contributed by atoms with van der Waals surface area (Å²) in [5.74, 6) is 0.875. The molecule has 0 aliphatic carbocycles. The van der Waals surface area contributed by atoms with Crippen LogP contribution in [0.5, 0.6) is 0 Å². The molecule has 7 heteroatoms. The second-order valence-corrected chi connectivity index (χ2v) is 6.20. The summed E-state index contributed by atoms with van der Waals surface area (Å²) < 4.78 is 11.0. The second-order valence-electron chi connectivity index (χ2n) is 5.42. The average molecular weight is 341 g/mol. The van der Waals surface area contributed by atoms with Crippen LogP contribution in [0.25, 0.3) is 11.4 Å². The SMILES string of the molecule is O=C(c1ccsc1)N1CCOCC1c1nc(-c2ccccc2)no1. The Labute approximate surface area is 142 Å². The van der Waals surface area contributed by atoms with Gasteiger partial charge < -0.3 is 14.2 Å². The van der Waals surface area contributed by atoms with Gasteiger partial charge in [-0.3, -0.25) is 4.79 Å². The van der Waals surface area contributed by atoms with E-state index in [9.17, 15) is 4.79 Å². The van der Waals surface area contributed by atoms with Crippen LogP contribution in [0, 0.1) is 0 Å². The molecule has 1 aliphatic heterocycles. The Morgan fingerprint density at radius 1 is 1.25 bits per heavy atom. The summed E-state index contributed by atoms with van der Waals surface area (Å²) >= 11 is 1.50. The molecule has 122 valence electrons. The first-order chi connectivity index (χ1) is 11.8. The summed E-state index contributed by atoms with van der Waals surface area (Å²) in [6.45, 7) is 1.36. The van der Waals surface area contributed by atoms with E-state index in [-0.39, 0.29) is 11.9 Å². The molecular weight excluding hydrogens is 326 g/mol. The van der Waals surface area contributed by atoms with Crippen LogP contribution in [-0.4, -0.2) is 40.7 Å². The number of amides is 1. The molecule has 1 unspecified atom stereocenters. The summed E-state index contributed by atoms with van der Waals surface area (Å²) in [6.07, 6.45) is 0. The van der Waals surface area contributed by atoms with E-state index in [1.165, 1.54) is 11.3 Å². The van der Waals surface area contributed by atoms with Gasteiger partial charge in [-0.2, -0.15) is 16.3 Å². The number of rotatable bonds is 3. The lowest BCUT2D eigenvalue weighted by molar-refractivity contribution is -0.0119. The zero-order chi connectivity index (χ0) is 16.4. The smallest absolute Gasteiger partial charge is 0.255 e. The second kappa shape index (κ2) is 6.54. The van der Waals surface area contributed by atoms with E-state index < -0.39 is 0 Å². The molecule has 0 radical (unpaired) electrons. The third kappa shape index (κ3) is 2.83. The topological polar surface area (TPSA) is 68.5 Å². The molecule has 1 aromatic carbocycles. The first kappa shape index (κ1) is 15.0. The minimum Gasteiger partial charge on any atom is -0.377 e. The molecule has 1 fully saturated rings. The highest BCUT2D eigenvalue weighted by molar-refractivity contribution is 7.08. The zero-order valence-electron chi connectivity index (χ0n) is 12.8. The number of hydrogen-bond acceptors (Lipinski definition) is 6. The van der Waals surface area contributed by atoms with Gasteiger partial charge in [-0.25, -0.2) is 0 Å². The van der Waals surface area contributed by atoms with Crippen molar-refractivity contribution in [1.82, 2.24) is 15.0 Å². The molecular formula is C17H15N3O3S. The summed E-state index contributed by atoms with van der Waals surface area (Å²) in [4.78, 5) is 18.9. The molecule has 0 saturated carbocycles. The fraction of sp³-hybridized carbons (Fsp3) is 0.235. The van der Waals surface area contributed by atoms with Crippen LogP contribution in [0.1, 0.15) is 22.3 Å². The molecule has 1 atom stereocenters. The van der Waals surface area contributed by atoms with Crippen molar-refractivity contribution in [3.8, 4) is 11.4 Å². The monoisotopic (exact) mass is 341 g/mol. The van der Waals surface area contributed by atoms with Gasteiger partial charge in [0.1, 0.15) is 6.04 Å². The van der Waals surface area contributed by atoms with E-state index in [0.717, 1.165) is 5.56 Å². The van der Waals surface area contributed by atoms with Gasteiger partial charge in [0.25, 0.3) is 11.8 Å². The number of hydrogen-bond donors (Lipinski definition) is 0. The minimum absolute atomic E-state index is 0.0380. The van der Waals surface area contributed by atoms with Crippen molar-refractivity contribution in [3.05, 3.63) is 58.6 Å². The standard InChI is InChI=1S/C17H15N3O3S/c21-17(13-6-9-24-11-13)20-7-8-22-10-14(20)16-18-15(19-23-16)12-4-2-1-3-5-12/h1-6,9,11,14H,7-8,10H2. The zero-order valence-corrected chi connectivity index (χ0v) is 13.6. The molecule has 6 nitrogen and oxygen atoms in total. The van der Waals surface area contributed by atoms with Gasteiger partial charge in [0.05, 0.1) is 18.8 Å². The maximum Gasteiger partial charge on any atom is 0.255 e. The van der Waals surface area contributed by atoms with E-state index >= 15 is 0 Å². The highest BCUT2D eigenvalue weighted by Gasteiger charge is 2.33. The number of benzene rings is 1. The van der Waals surface area contributed by atoms with Gasteiger partial charge >= 0.3 is 0 Å². The van der Waals surface area contributed by atoms with Crippen LogP contribution in [-0.2, 0) is 4.74 Å². The first-order valence-electron chi connectivity index (χ1n) is 7.63. The molecule has 1 aliphatic rings. The predicted molar refractivity (Wildman–Crippen MR) is 88.6 cm³/mol. The lowest BCUT2D eigenvalue weighted by Gasteiger charge is -2.33. The van der Waals surface area contributed by atoms with Gasteiger partial charge in [0.15, 0.2) is 0 Å². The van der Waals surface area contributed by atoms with Crippen molar-refractivity contribution in [2.24, 2.45) is 0 Å². The Morgan fingerprint density at radius 3 is 2.92 bits per heavy atom. The lowest BCUT2D eigenvalue weighted by atomic mass is 10.2. The molecule has 0 N–H and O–H groups in total. The van der Waals surface area contributed by atoms with Crippen molar-refractivity contribution in [3.63, 3.8) is 0 Å². The Kier molecular flexibility index (Phi) is 4.10. The summed E-state index contributed by atoms with van der Waals surface area (Å²) in [6, 6.07) is 11.1. The van der Waals surface area contributed by atoms with Crippen LogP contribution in [0.3, 0.4) is 0 Å². The summed E-state index contributed by atoms with van der Waals surface area (Å²) in [7, 11) is 0. The van der Waals surface area contributed by atoms with E-state index in [1.54, 1.807) is 4.90 Å². The third-order valence-electron chi connectivity index (χ3n) is 3.92. The van der Waals surface area contributed by atoms with Crippen LogP contribution >= 0.6 is 11.3 Å². The molecule has 1 saturated heterocycles. The Bertz CT molecular complexity index is 817. The molecule has 1 amide bonds. The normalized spacial score (nSPS) is 17.8. The maximum absolute atomic E-state index is 12.7. The first-order valence-corrected chi connectivity index (χ1v) is 8.57. The van der Waals surface area contributed by atoms with Crippen molar-refractivity contribution >= 4 is 17.2 Å². The van der Waals surface area contributed by atoms with Gasteiger partial charge in [0, 0.05) is 17.5 Å². The van der Waals surface area contributed by atoms with Crippen molar-refractivity contribution < 1.29 is 14.1 Å². The fourth-order valence-electron chi connectivity index (χ4n) is 2.68. The van der Waals surface area contributed by atoms with Gasteiger partial charge in [0.2, 0.25) is 5.82 Å². The molecule has 3 heterocycles. The number of ether oxygens (including phenoxy) is 1. The van der Waals surface area contributed by atoms with Gasteiger partial charge in [-0.1, -0.05) is 35.5 Å². The lowest BCUT2D eigenvalue weighted by Crippen LogP contribution is -2.43. The average Bonchev–Trinajstić information content (AvgIpc) is 3.34. The molecule has 4 rings (SSSR count). The number of carbonyl (C=O) groups excluding carboxylic acids is 1. The van der Waals surface area contributed by atoms with E-state index in [4.69, 9.17) is 9.26 Å². The number of thiophene rings is 1. The molecule has 2 aromatic heterocycles. The Morgan fingerprint density at radius 2 is 2.12 bits per heavy atom.